The molecule has 0 radical (unpaired) electrons. The number of hydrogen-bond donors (Lipinski definition) is 1. The molecule has 2 aliphatic rings. The van der Waals surface area contributed by atoms with Gasteiger partial charge in [-0.25, -0.2) is 0 Å². The minimum absolute atomic E-state index is 0.268. The highest BCUT2D eigenvalue weighted by Crippen LogP contribution is 2.21. The summed E-state index contributed by atoms with van der Waals surface area (Å²) in [5.41, 5.74) is -0.270. The molecule has 0 unspecified atom stereocenters. The Hall–Kier alpha value is -0.420. The molecule has 2 fully saturated rings. The highest BCUT2D eigenvalue weighted by Gasteiger charge is 2.31. The predicted molar refractivity (Wildman–Crippen MR) is 83.1 cm³/mol. The SMILES string of the molecule is CC(C)(C)C(=O)N1CCC(NC2CCS(=O)CC2)CC1. The molecule has 2 heterocycles. The van der Waals surface area contributed by atoms with Gasteiger partial charge in [-0.05, 0) is 25.7 Å². The van der Waals surface area contributed by atoms with Crippen molar-refractivity contribution in [1.82, 2.24) is 10.2 Å². The second-order valence-corrected chi connectivity index (χ2v) is 8.80. The summed E-state index contributed by atoms with van der Waals surface area (Å²) in [6, 6.07) is 1.05. The van der Waals surface area contributed by atoms with Gasteiger partial charge in [0, 0.05) is 52.9 Å². The maximum Gasteiger partial charge on any atom is 0.227 e. The number of nitrogens with one attached hydrogen (secondary N) is 1. The minimum atomic E-state index is -0.582. The molecule has 2 aliphatic heterocycles. The second kappa shape index (κ2) is 6.56. The monoisotopic (exact) mass is 300 g/mol. The summed E-state index contributed by atoms with van der Waals surface area (Å²) in [7, 11) is -0.582. The molecule has 0 spiro atoms. The van der Waals surface area contributed by atoms with Crippen molar-refractivity contribution in [3.05, 3.63) is 0 Å². The third-order valence-corrected chi connectivity index (χ3v) is 5.67. The molecular weight excluding hydrogens is 272 g/mol. The van der Waals surface area contributed by atoms with Gasteiger partial charge in [-0.15, -0.1) is 0 Å². The van der Waals surface area contributed by atoms with Gasteiger partial charge >= 0.3 is 0 Å². The van der Waals surface area contributed by atoms with E-state index in [0.717, 1.165) is 50.3 Å². The molecular formula is C15H28N2O2S. The Labute approximate surface area is 125 Å². The molecule has 0 atom stereocenters. The van der Waals surface area contributed by atoms with Crippen LogP contribution < -0.4 is 5.32 Å². The summed E-state index contributed by atoms with van der Waals surface area (Å²) in [6.45, 7) is 7.70. The van der Waals surface area contributed by atoms with Crippen molar-refractivity contribution in [1.29, 1.82) is 0 Å². The Morgan fingerprint density at radius 3 is 2.05 bits per heavy atom. The van der Waals surface area contributed by atoms with Crippen molar-refractivity contribution in [2.24, 2.45) is 5.41 Å². The summed E-state index contributed by atoms with van der Waals surface area (Å²) in [5, 5.41) is 3.70. The van der Waals surface area contributed by atoms with E-state index in [1.807, 2.05) is 25.7 Å². The van der Waals surface area contributed by atoms with Crippen LogP contribution in [0.2, 0.25) is 0 Å². The molecule has 0 aromatic carbocycles. The molecule has 1 N–H and O–H groups in total. The van der Waals surface area contributed by atoms with Crippen LogP contribution in [0, 0.1) is 5.41 Å². The maximum absolute atomic E-state index is 12.2. The molecule has 2 saturated heterocycles. The normalized spacial score (nSPS) is 29.4. The van der Waals surface area contributed by atoms with Gasteiger partial charge in [0.25, 0.3) is 0 Å². The highest BCUT2D eigenvalue weighted by atomic mass is 32.2. The number of hydrogen-bond acceptors (Lipinski definition) is 3. The molecule has 1 amide bonds. The third-order valence-electron chi connectivity index (χ3n) is 4.28. The lowest BCUT2D eigenvalue weighted by atomic mass is 9.92. The fourth-order valence-electron chi connectivity index (χ4n) is 3.02. The second-order valence-electron chi connectivity index (χ2n) is 7.11. The van der Waals surface area contributed by atoms with Gasteiger partial charge in [0.2, 0.25) is 5.91 Å². The average Bonchev–Trinajstić information content (AvgIpc) is 2.40. The molecule has 0 aromatic heterocycles. The lowest BCUT2D eigenvalue weighted by Crippen LogP contribution is -2.51. The summed E-state index contributed by atoms with van der Waals surface area (Å²) in [6.07, 6.45) is 4.16. The Balaban J connectivity index is 1.74. The van der Waals surface area contributed by atoms with Crippen molar-refractivity contribution < 1.29 is 9.00 Å². The van der Waals surface area contributed by atoms with Crippen molar-refractivity contribution in [2.75, 3.05) is 24.6 Å². The van der Waals surface area contributed by atoms with E-state index < -0.39 is 10.8 Å². The number of likely N-dealkylation sites (tertiary alicyclic amines) is 1. The van der Waals surface area contributed by atoms with E-state index in [0.29, 0.717) is 12.1 Å². The number of nitrogens with zero attached hydrogens (tertiary/aromatic N) is 1. The number of amides is 1. The summed E-state index contributed by atoms with van der Waals surface area (Å²) in [5.74, 6) is 1.96. The molecule has 0 aliphatic carbocycles. The molecule has 116 valence electrons. The first-order valence-corrected chi connectivity index (χ1v) is 9.25. The van der Waals surface area contributed by atoms with Gasteiger partial charge < -0.3 is 10.2 Å². The van der Waals surface area contributed by atoms with Gasteiger partial charge in [0.05, 0.1) is 0 Å². The molecule has 0 bridgehead atoms. The maximum atomic E-state index is 12.2. The van der Waals surface area contributed by atoms with Crippen molar-refractivity contribution in [3.8, 4) is 0 Å². The first-order valence-electron chi connectivity index (χ1n) is 7.76. The number of carbonyl (C=O) groups excluding carboxylic acids is 1. The summed E-state index contributed by atoms with van der Waals surface area (Å²) < 4.78 is 11.4. The summed E-state index contributed by atoms with van der Waals surface area (Å²) in [4.78, 5) is 14.2. The van der Waals surface area contributed by atoms with Crippen LogP contribution in [-0.2, 0) is 15.6 Å². The van der Waals surface area contributed by atoms with E-state index in [4.69, 9.17) is 0 Å². The van der Waals surface area contributed by atoms with E-state index in [9.17, 15) is 9.00 Å². The standard InChI is InChI=1S/C15H28N2O2S/c1-15(2,3)14(18)17-8-4-12(5-9-17)16-13-6-10-20(19)11-7-13/h12-13,16H,4-11H2,1-3H3. The fraction of sp³-hybridized carbons (Fsp3) is 0.933. The fourth-order valence-corrected chi connectivity index (χ4v) is 4.32. The summed E-state index contributed by atoms with van der Waals surface area (Å²) >= 11 is 0. The van der Waals surface area contributed by atoms with E-state index in [1.165, 1.54) is 0 Å². The number of carbonyl (C=O) groups is 1. The van der Waals surface area contributed by atoms with Crippen LogP contribution in [0.3, 0.4) is 0 Å². The van der Waals surface area contributed by atoms with E-state index in [1.54, 1.807) is 0 Å². The van der Waals surface area contributed by atoms with Crippen LogP contribution in [-0.4, -0.2) is 51.7 Å². The molecule has 20 heavy (non-hydrogen) atoms. The van der Waals surface area contributed by atoms with Crippen LogP contribution >= 0.6 is 0 Å². The zero-order valence-corrected chi connectivity index (χ0v) is 13.8. The Kier molecular flexibility index (Phi) is 5.24. The Morgan fingerprint density at radius 1 is 1.05 bits per heavy atom. The van der Waals surface area contributed by atoms with E-state index >= 15 is 0 Å². The van der Waals surface area contributed by atoms with Gasteiger partial charge in [-0.2, -0.15) is 0 Å². The van der Waals surface area contributed by atoms with Gasteiger partial charge in [-0.3, -0.25) is 9.00 Å². The zero-order valence-electron chi connectivity index (χ0n) is 13.0. The highest BCUT2D eigenvalue weighted by molar-refractivity contribution is 7.85. The average molecular weight is 300 g/mol. The molecule has 0 aromatic rings. The van der Waals surface area contributed by atoms with E-state index in [2.05, 4.69) is 5.32 Å². The third kappa shape index (κ3) is 4.29. The first kappa shape index (κ1) is 16.0. The van der Waals surface area contributed by atoms with Crippen molar-refractivity contribution in [2.45, 2.75) is 58.5 Å². The largest absolute Gasteiger partial charge is 0.342 e. The predicted octanol–water partition coefficient (Wildman–Crippen LogP) is 1.52. The van der Waals surface area contributed by atoms with Gasteiger partial charge in [0.1, 0.15) is 0 Å². The van der Waals surface area contributed by atoms with E-state index in [-0.39, 0.29) is 11.3 Å². The van der Waals surface area contributed by atoms with Gasteiger partial charge in [0.15, 0.2) is 0 Å². The molecule has 0 saturated carbocycles. The lowest BCUT2D eigenvalue weighted by Gasteiger charge is -2.37. The van der Waals surface area contributed by atoms with Crippen LogP contribution in [0.4, 0.5) is 0 Å². The van der Waals surface area contributed by atoms with Crippen molar-refractivity contribution >= 4 is 16.7 Å². The smallest absolute Gasteiger partial charge is 0.227 e. The van der Waals surface area contributed by atoms with Crippen LogP contribution in [0.1, 0.15) is 46.5 Å². The molecule has 5 heteroatoms. The number of rotatable bonds is 2. The number of piperidine rings is 1. The first-order chi connectivity index (χ1) is 9.36. The van der Waals surface area contributed by atoms with Crippen LogP contribution in [0.25, 0.3) is 0 Å². The minimum Gasteiger partial charge on any atom is -0.342 e. The van der Waals surface area contributed by atoms with Crippen LogP contribution in [0.5, 0.6) is 0 Å². The quantitative estimate of drug-likeness (QED) is 0.841. The lowest BCUT2D eigenvalue weighted by molar-refractivity contribution is -0.140. The van der Waals surface area contributed by atoms with Crippen LogP contribution in [0.15, 0.2) is 0 Å². The molecule has 4 nitrogen and oxygen atoms in total. The zero-order chi connectivity index (χ0) is 14.8. The topological polar surface area (TPSA) is 49.4 Å². The Bertz CT molecular complexity index is 361. The van der Waals surface area contributed by atoms with Crippen molar-refractivity contribution in [3.63, 3.8) is 0 Å². The van der Waals surface area contributed by atoms with Gasteiger partial charge in [-0.1, -0.05) is 20.8 Å². The Morgan fingerprint density at radius 2 is 1.55 bits per heavy atom. The molecule has 2 rings (SSSR count).